The maximum absolute atomic E-state index is 12.4. The fourth-order valence-corrected chi connectivity index (χ4v) is 4.53. The van der Waals surface area contributed by atoms with Gasteiger partial charge in [0.1, 0.15) is 5.60 Å². The molecule has 2 atom stereocenters. The summed E-state index contributed by atoms with van der Waals surface area (Å²) in [6.45, 7) is 8.80. The van der Waals surface area contributed by atoms with E-state index in [9.17, 15) is 9.59 Å². The average Bonchev–Trinajstić information content (AvgIpc) is 2.95. The normalized spacial score (nSPS) is 24.0. The fourth-order valence-electron chi connectivity index (χ4n) is 3.37. The van der Waals surface area contributed by atoms with Gasteiger partial charge in [-0.3, -0.25) is 9.69 Å². The highest BCUT2D eigenvalue weighted by Crippen LogP contribution is 2.32. The van der Waals surface area contributed by atoms with Crippen molar-refractivity contribution in [3.05, 3.63) is 35.9 Å². The van der Waals surface area contributed by atoms with Gasteiger partial charge in [-0.25, -0.2) is 4.79 Å². The zero-order chi connectivity index (χ0) is 18.0. The van der Waals surface area contributed by atoms with Gasteiger partial charge in [0.2, 0.25) is 5.12 Å². The van der Waals surface area contributed by atoms with Crippen LogP contribution in [0.15, 0.2) is 30.3 Å². The Balaban J connectivity index is 1.54. The molecule has 5 nitrogen and oxygen atoms in total. The summed E-state index contributed by atoms with van der Waals surface area (Å²) in [6, 6.07) is 9.75. The molecule has 6 heteroatoms. The van der Waals surface area contributed by atoms with Gasteiger partial charge in [-0.1, -0.05) is 42.1 Å². The van der Waals surface area contributed by atoms with Gasteiger partial charge in [0.15, 0.2) is 0 Å². The molecule has 136 valence electrons. The lowest BCUT2D eigenvalue weighted by molar-refractivity contribution is 0.00925. The van der Waals surface area contributed by atoms with E-state index in [1.807, 2.05) is 51.1 Å². The molecular formula is C19H26N2O3S. The number of benzene rings is 1. The van der Waals surface area contributed by atoms with Gasteiger partial charge in [0.25, 0.3) is 0 Å². The molecule has 1 aromatic carbocycles. The van der Waals surface area contributed by atoms with Crippen molar-refractivity contribution in [2.75, 3.05) is 26.2 Å². The molecule has 0 spiro atoms. The van der Waals surface area contributed by atoms with Crippen LogP contribution >= 0.6 is 11.8 Å². The molecule has 2 saturated heterocycles. The fraction of sp³-hybridized carbons (Fsp3) is 0.579. The first-order valence-electron chi connectivity index (χ1n) is 8.80. The molecular weight excluding hydrogens is 336 g/mol. The highest BCUT2D eigenvalue weighted by molar-refractivity contribution is 8.14. The third-order valence-electron chi connectivity index (χ3n) is 4.51. The zero-order valence-corrected chi connectivity index (χ0v) is 15.9. The summed E-state index contributed by atoms with van der Waals surface area (Å²) < 4.78 is 5.48. The molecule has 0 saturated carbocycles. The van der Waals surface area contributed by atoms with Gasteiger partial charge in [0.05, 0.1) is 0 Å². The smallest absolute Gasteiger partial charge is 0.410 e. The van der Waals surface area contributed by atoms with Gasteiger partial charge < -0.3 is 9.64 Å². The zero-order valence-electron chi connectivity index (χ0n) is 15.1. The lowest BCUT2D eigenvalue weighted by Crippen LogP contribution is -2.53. The molecule has 0 bridgehead atoms. The Kier molecular flexibility index (Phi) is 5.39. The summed E-state index contributed by atoms with van der Waals surface area (Å²) in [6.07, 6.45) is 0.700. The van der Waals surface area contributed by atoms with Gasteiger partial charge in [-0.05, 0) is 27.2 Å². The SMILES string of the molecule is CC(C)(C)OC(=O)N1CCN2C[C@@H](SC(=O)c3ccccc3)C[C@H]2C1. The number of piperazine rings is 1. The number of nitrogens with zero attached hydrogens (tertiary/aromatic N) is 2. The van der Waals surface area contributed by atoms with Crippen LogP contribution in [0.25, 0.3) is 0 Å². The Morgan fingerprint density at radius 3 is 2.52 bits per heavy atom. The molecule has 3 rings (SSSR count). The van der Waals surface area contributed by atoms with Crippen molar-refractivity contribution in [3.8, 4) is 0 Å². The van der Waals surface area contributed by atoms with E-state index in [2.05, 4.69) is 4.90 Å². The predicted octanol–water partition coefficient (Wildman–Crippen LogP) is 3.25. The van der Waals surface area contributed by atoms with Crippen molar-refractivity contribution in [1.29, 1.82) is 0 Å². The summed E-state index contributed by atoms with van der Waals surface area (Å²) in [7, 11) is 0. The summed E-state index contributed by atoms with van der Waals surface area (Å²) in [5, 5.41) is 0.422. The minimum atomic E-state index is -0.468. The highest BCUT2D eigenvalue weighted by atomic mass is 32.2. The maximum atomic E-state index is 12.4. The largest absolute Gasteiger partial charge is 0.444 e. The average molecular weight is 362 g/mol. The Labute approximate surface area is 153 Å². The molecule has 0 N–H and O–H groups in total. The number of hydrogen-bond donors (Lipinski definition) is 0. The lowest BCUT2D eigenvalue weighted by atomic mass is 10.1. The number of rotatable bonds is 2. The van der Waals surface area contributed by atoms with Crippen molar-refractivity contribution in [1.82, 2.24) is 9.80 Å². The lowest BCUT2D eigenvalue weighted by Gasteiger charge is -2.37. The first-order valence-corrected chi connectivity index (χ1v) is 9.68. The third kappa shape index (κ3) is 4.76. The van der Waals surface area contributed by atoms with E-state index in [4.69, 9.17) is 4.74 Å². The summed E-state index contributed by atoms with van der Waals surface area (Å²) >= 11 is 1.43. The third-order valence-corrected chi connectivity index (χ3v) is 5.64. The molecule has 25 heavy (non-hydrogen) atoms. The van der Waals surface area contributed by atoms with Crippen LogP contribution in [0.5, 0.6) is 0 Å². The monoisotopic (exact) mass is 362 g/mol. The second-order valence-corrected chi connectivity index (χ2v) is 8.98. The molecule has 1 amide bonds. The Hall–Kier alpha value is -1.53. The van der Waals surface area contributed by atoms with E-state index in [0.717, 1.165) is 25.1 Å². The molecule has 2 aliphatic heterocycles. The summed E-state index contributed by atoms with van der Waals surface area (Å²) in [4.78, 5) is 28.9. The van der Waals surface area contributed by atoms with Crippen LogP contribution in [0, 0.1) is 0 Å². The number of ether oxygens (including phenoxy) is 1. The number of thioether (sulfide) groups is 1. The molecule has 2 aliphatic rings. The number of amides is 1. The van der Waals surface area contributed by atoms with E-state index in [0.29, 0.717) is 19.1 Å². The van der Waals surface area contributed by atoms with Crippen molar-refractivity contribution in [2.24, 2.45) is 0 Å². The Morgan fingerprint density at radius 2 is 1.84 bits per heavy atom. The van der Waals surface area contributed by atoms with Crippen LogP contribution in [0.2, 0.25) is 0 Å². The summed E-state index contributed by atoms with van der Waals surface area (Å²) in [5.74, 6) is 0. The number of carbonyl (C=O) groups is 2. The van der Waals surface area contributed by atoms with Crippen molar-refractivity contribution in [2.45, 2.75) is 44.1 Å². The molecule has 2 heterocycles. The van der Waals surface area contributed by atoms with Gasteiger partial charge in [0, 0.05) is 43.0 Å². The number of fused-ring (bicyclic) bond motifs is 1. The van der Waals surface area contributed by atoms with Crippen LogP contribution in [0.4, 0.5) is 4.79 Å². The standard InChI is InChI=1S/C19H26N2O3S/c1-19(2,3)24-18(23)21-10-9-20-13-16(11-15(20)12-21)25-17(22)14-7-5-4-6-8-14/h4-8,15-16H,9-13H2,1-3H3/t15-,16-/m0/s1. The second kappa shape index (κ2) is 7.38. The quantitative estimate of drug-likeness (QED) is 0.808. The van der Waals surface area contributed by atoms with E-state index >= 15 is 0 Å². The molecule has 0 aromatic heterocycles. The first kappa shape index (κ1) is 18.3. The van der Waals surface area contributed by atoms with Gasteiger partial charge >= 0.3 is 6.09 Å². The molecule has 0 aliphatic carbocycles. The maximum Gasteiger partial charge on any atom is 0.410 e. The topological polar surface area (TPSA) is 49.9 Å². The van der Waals surface area contributed by atoms with Crippen LogP contribution < -0.4 is 0 Å². The van der Waals surface area contributed by atoms with E-state index in [-0.39, 0.29) is 16.5 Å². The predicted molar refractivity (Wildman–Crippen MR) is 99.9 cm³/mol. The van der Waals surface area contributed by atoms with Gasteiger partial charge in [-0.15, -0.1) is 0 Å². The van der Waals surface area contributed by atoms with Crippen molar-refractivity contribution in [3.63, 3.8) is 0 Å². The Bertz CT molecular complexity index is 629. The first-order chi connectivity index (χ1) is 11.8. The van der Waals surface area contributed by atoms with Crippen molar-refractivity contribution < 1.29 is 14.3 Å². The van der Waals surface area contributed by atoms with Gasteiger partial charge in [-0.2, -0.15) is 0 Å². The van der Waals surface area contributed by atoms with Crippen LogP contribution in [-0.4, -0.2) is 64.1 Å². The molecule has 1 aromatic rings. The minimum Gasteiger partial charge on any atom is -0.444 e. The second-order valence-electron chi connectivity index (χ2n) is 7.70. The van der Waals surface area contributed by atoms with E-state index < -0.39 is 5.60 Å². The highest BCUT2D eigenvalue weighted by Gasteiger charge is 2.39. The molecule has 0 radical (unpaired) electrons. The number of carbonyl (C=O) groups excluding carboxylic acids is 2. The van der Waals surface area contributed by atoms with Crippen LogP contribution in [0.1, 0.15) is 37.6 Å². The minimum absolute atomic E-state index is 0.134. The van der Waals surface area contributed by atoms with Crippen LogP contribution in [-0.2, 0) is 4.74 Å². The Morgan fingerprint density at radius 1 is 1.12 bits per heavy atom. The molecule has 2 fully saturated rings. The summed E-state index contributed by atoms with van der Waals surface area (Å²) in [5.41, 5.74) is 0.289. The molecule has 0 unspecified atom stereocenters. The van der Waals surface area contributed by atoms with Crippen LogP contribution in [0.3, 0.4) is 0 Å². The van der Waals surface area contributed by atoms with E-state index in [1.54, 1.807) is 4.90 Å². The van der Waals surface area contributed by atoms with Crippen molar-refractivity contribution >= 4 is 23.0 Å². The number of hydrogen-bond acceptors (Lipinski definition) is 5. The van der Waals surface area contributed by atoms with E-state index in [1.165, 1.54) is 11.8 Å².